The number of nitriles is 1. The highest BCUT2D eigenvalue weighted by atomic mass is 14.9. The molecule has 2 nitrogen and oxygen atoms in total. The molecule has 1 aromatic heterocycles. The fourth-order valence-electron chi connectivity index (χ4n) is 1.59. The average Bonchev–Trinajstić information content (AvgIpc) is 2.32. The normalized spacial score (nSPS) is 9.75. The summed E-state index contributed by atoms with van der Waals surface area (Å²) in [5.74, 6) is 0. The predicted octanol–water partition coefficient (Wildman–Crippen LogP) is 2.20. The molecule has 16 heavy (non-hydrogen) atoms. The van der Waals surface area contributed by atoms with Crippen LogP contribution in [0.25, 0.3) is 0 Å². The minimum absolute atomic E-state index is 0.689. The van der Waals surface area contributed by atoms with Gasteiger partial charge in [0.1, 0.15) is 11.6 Å². The average molecular weight is 209 g/mol. The minimum Gasteiger partial charge on any atom is -0.200 e. The molecule has 1 aromatic carbocycles. The second-order valence-electron chi connectivity index (χ2n) is 3.86. The summed E-state index contributed by atoms with van der Waals surface area (Å²) in [5.41, 5.74) is 3.19. The molecule has 0 spiro atoms. The summed E-state index contributed by atoms with van der Waals surface area (Å²) in [6.45, 7) is 2.88. The Morgan fingerprint density at radius 2 is 1.94 bits per heavy atom. The minimum atomic E-state index is 0.689. The van der Waals surface area contributed by atoms with Crippen molar-refractivity contribution >= 4 is 0 Å². The topological polar surface area (TPSA) is 27.7 Å². The van der Waals surface area contributed by atoms with Gasteiger partial charge in [-0.05, 0) is 13.0 Å². The molecular formula is C14H13N2+. The summed E-state index contributed by atoms with van der Waals surface area (Å²) in [6.07, 6.45) is 3.83. The smallest absolute Gasteiger partial charge is 0.186 e. The van der Waals surface area contributed by atoms with Gasteiger partial charge >= 0.3 is 0 Å². The first-order valence-corrected chi connectivity index (χ1v) is 5.23. The van der Waals surface area contributed by atoms with E-state index in [1.54, 1.807) is 0 Å². The summed E-state index contributed by atoms with van der Waals surface area (Å²) in [6, 6.07) is 14.3. The zero-order valence-electron chi connectivity index (χ0n) is 9.22. The molecule has 0 aliphatic heterocycles. The Bertz CT molecular complexity index is 521. The summed E-state index contributed by atoms with van der Waals surface area (Å²) in [7, 11) is 0. The lowest BCUT2D eigenvalue weighted by Gasteiger charge is -1.98. The lowest BCUT2D eigenvalue weighted by molar-refractivity contribution is -0.688. The third-order valence-electron chi connectivity index (χ3n) is 2.47. The maximum atomic E-state index is 8.80. The van der Waals surface area contributed by atoms with E-state index in [4.69, 9.17) is 5.26 Å². The van der Waals surface area contributed by atoms with Crippen molar-refractivity contribution < 1.29 is 4.57 Å². The van der Waals surface area contributed by atoms with Gasteiger partial charge < -0.3 is 0 Å². The molecule has 0 radical (unpaired) electrons. The third-order valence-corrected chi connectivity index (χ3v) is 2.47. The fourth-order valence-corrected chi connectivity index (χ4v) is 1.59. The molecule has 0 unspecified atom stereocenters. The SMILES string of the molecule is Cc1ccc(C[n+]2cccc(C#N)c2)cc1. The molecule has 0 atom stereocenters. The molecular weight excluding hydrogens is 196 g/mol. The lowest BCUT2D eigenvalue weighted by atomic mass is 10.1. The summed E-state index contributed by atoms with van der Waals surface area (Å²) < 4.78 is 2.02. The molecule has 0 fully saturated rings. The van der Waals surface area contributed by atoms with Gasteiger partial charge in [-0.3, -0.25) is 0 Å². The van der Waals surface area contributed by atoms with Gasteiger partial charge in [0.15, 0.2) is 18.9 Å². The number of nitrogens with zero attached hydrogens (tertiary/aromatic N) is 2. The Kier molecular flexibility index (Phi) is 2.98. The van der Waals surface area contributed by atoms with Gasteiger partial charge in [-0.15, -0.1) is 0 Å². The third kappa shape index (κ3) is 2.46. The van der Waals surface area contributed by atoms with Crippen molar-refractivity contribution in [2.24, 2.45) is 0 Å². The highest BCUT2D eigenvalue weighted by Gasteiger charge is 2.03. The lowest BCUT2D eigenvalue weighted by Crippen LogP contribution is -2.33. The van der Waals surface area contributed by atoms with Crippen molar-refractivity contribution in [1.82, 2.24) is 0 Å². The van der Waals surface area contributed by atoms with Crippen LogP contribution < -0.4 is 4.57 Å². The molecule has 2 aromatic rings. The van der Waals surface area contributed by atoms with E-state index in [0.717, 1.165) is 6.54 Å². The van der Waals surface area contributed by atoms with Gasteiger partial charge in [-0.2, -0.15) is 9.83 Å². The maximum Gasteiger partial charge on any atom is 0.186 e. The van der Waals surface area contributed by atoms with E-state index >= 15 is 0 Å². The standard InChI is InChI=1S/C14H13N2/c1-12-4-6-13(7-5-12)10-16-8-2-3-14(9-15)11-16/h2-8,11H,10H2,1H3/q+1. The van der Waals surface area contributed by atoms with E-state index in [1.807, 2.05) is 29.1 Å². The first-order valence-electron chi connectivity index (χ1n) is 5.23. The van der Waals surface area contributed by atoms with Crippen LogP contribution in [0, 0.1) is 18.3 Å². The zero-order chi connectivity index (χ0) is 11.4. The molecule has 2 rings (SSSR count). The molecule has 0 bridgehead atoms. The summed E-state index contributed by atoms with van der Waals surface area (Å²) in [4.78, 5) is 0. The second-order valence-corrected chi connectivity index (χ2v) is 3.86. The Labute approximate surface area is 95.4 Å². The molecule has 0 aliphatic carbocycles. The van der Waals surface area contributed by atoms with Crippen molar-refractivity contribution in [3.05, 3.63) is 65.5 Å². The quantitative estimate of drug-likeness (QED) is 0.697. The number of aryl methyl sites for hydroxylation is 1. The molecule has 0 N–H and O–H groups in total. The van der Waals surface area contributed by atoms with Crippen molar-refractivity contribution in [1.29, 1.82) is 5.26 Å². The first kappa shape index (κ1) is 10.4. The van der Waals surface area contributed by atoms with Crippen molar-refractivity contribution in [2.75, 3.05) is 0 Å². The molecule has 78 valence electrons. The molecule has 0 aliphatic rings. The van der Waals surface area contributed by atoms with Gasteiger partial charge in [0.2, 0.25) is 0 Å². The van der Waals surface area contributed by atoms with Crippen LogP contribution in [0.1, 0.15) is 16.7 Å². The van der Waals surface area contributed by atoms with Gasteiger partial charge in [0.25, 0.3) is 0 Å². The Morgan fingerprint density at radius 1 is 1.19 bits per heavy atom. The molecule has 0 saturated heterocycles. The maximum absolute atomic E-state index is 8.80. The Balaban J connectivity index is 2.21. The summed E-state index contributed by atoms with van der Waals surface area (Å²) >= 11 is 0. The van der Waals surface area contributed by atoms with E-state index in [2.05, 4.69) is 37.3 Å². The van der Waals surface area contributed by atoms with Crippen molar-refractivity contribution in [3.8, 4) is 6.07 Å². The van der Waals surface area contributed by atoms with Crippen molar-refractivity contribution in [2.45, 2.75) is 13.5 Å². The van der Waals surface area contributed by atoms with Crippen LogP contribution in [0.5, 0.6) is 0 Å². The van der Waals surface area contributed by atoms with E-state index in [0.29, 0.717) is 5.56 Å². The van der Waals surface area contributed by atoms with Crippen LogP contribution >= 0.6 is 0 Å². The number of aromatic nitrogens is 1. The van der Waals surface area contributed by atoms with Crippen molar-refractivity contribution in [3.63, 3.8) is 0 Å². The van der Waals surface area contributed by atoms with Gasteiger partial charge in [0.05, 0.1) is 0 Å². The number of pyridine rings is 1. The van der Waals surface area contributed by atoms with Gasteiger partial charge in [0, 0.05) is 11.6 Å². The molecule has 0 amide bonds. The largest absolute Gasteiger partial charge is 0.200 e. The molecule has 0 saturated carbocycles. The van der Waals surface area contributed by atoms with Crippen LogP contribution in [-0.4, -0.2) is 0 Å². The number of hydrogen-bond acceptors (Lipinski definition) is 1. The van der Waals surface area contributed by atoms with Crippen LogP contribution in [0.3, 0.4) is 0 Å². The predicted molar refractivity (Wildman–Crippen MR) is 61.6 cm³/mol. The molecule has 2 heteroatoms. The highest BCUT2D eigenvalue weighted by molar-refractivity contribution is 5.23. The van der Waals surface area contributed by atoms with Crippen LogP contribution in [-0.2, 0) is 6.54 Å². The van der Waals surface area contributed by atoms with Crippen LogP contribution in [0.4, 0.5) is 0 Å². The monoisotopic (exact) mass is 209 g/mol. The zero-order valence-corrected chi connectivity index (χ0v) is 9.22. The summed E-state index contributed by atoms with van der Waals surface area (Å²) in [5, 5.41) is 8.80. The number of rotatable bonds is 2. The van der Waals surface area contributed by atoms with Gasteiger partial charge in [-0.1, -0.05) is 29.8 Å². The van der Waals surface area contributed by atoms with E-state index < -0.39 is 0 Å². The van der Waals surface area contributed by atoms with E-state index in [1.165, 1.54) is 11.1 Å². The second kappa shape index (κ2) is 4.59. The van der Waals surface area contributed by atoms with Crippen LogP contribution in [0.15, 0.2) is 48.8 Å². The first-order chi connectivity index (χ1) is 7.78. The van der Waals surface area contributed by atoms with Crippen LogP contribution in [0.2, 0.25) is 0 Å². The number of hydrogen-bond donors (Lipinski definition) is 0. The highest BCUT2D eigenvalue weighted by Crippen LogP contribution is 2.02. The van der Waals surface area contributed by atoms with E-state index in [9.17, 15) is 0 Å². The Hall–Kier alpha value is -2.14. The Morgan fingerprint density at radius 3 is 2.62 bits per heavy atom. The fraction of sp³-hybridized carbons (Fsp3) is 0.143. The number of benzene rings is 1. The van der Waals surface area contributed by atoms with Gasteiger partial charge in [-0.25, -0.2) is 0 Å². The van der Waals surface area contributed by atoms with E-state index in [-0.39, 0.29) is 0 Å². The molecule has 1 heterocycles.